The summed E-state index contributed by atoms with van der Waals surface area (Å²) in [5, 5.41) is 5.09. The van der Waals surface area contributed by atoms with Gasteiger partial charge < -0.3 is 10.1 Å². The van der Waals surface area contributed by atoms with E-state index in [1.54, 1.807) is 6.20 Å². The number of pyridine rings is 1. The molecule has 3 aromatic rings. The van der Waals surface area contributed by atoms with Crippen LogP contribution in [0.4, 0.5) is 24.7 Å². The van der Waals surface area contributed by atoms with Crippen LogP contribution in [0, 0.1) is 6.92 Å². The third kappa shape index (κ3) is 3.71. The molecule has 0 atom stereocenters. The van der Waals surface area contributed by atoms with E-state index in [9.17, 15) is 13.2 Å². The molecule has 3 rings (SSSR count). The molecule has 0 spiro atoms. The van der Waals surface area contributed by atoms with E-state index in [0.29, 0.717) is 11.5 Å². The zero-order valence-electron chi connectivity index (χ0n) is 12.2. The molecule has 0 aliphatic rings. The molecule has 0 amide bonds. The summed E-state index contributed by atoms with van der Waals surface area (Å²) < 4.78 is 40.3. The van der Waals surface area contributed by atoms with Gasteiger partial charge in [-0.15, -0.1) is 13.2 Å². The summed E-state index contributed by atoms with van der Waals surface area (Å²) in [7, 11) is 0. The van der Waals surface area contributed by atoms with Gasteiger partial charge >= 0.3 is 6.36 Å². The summed E-state index contributed by atoms with van der Waals surface area (Å²) >= 11 is 0. The second-order valence-electron chi connectivity index (χ2n) is 5.08. The first-order chi connectivity index (χ1) is 10.9. The van der Waals surface area contributed by atoms with E-state index in [-0.39, 0.29) is 5.75 Å². The Morgan fingerprint density at radius 2 is 1.74 bits per heavy atom. The van der Waals surface area contributed by atoms with Gasteiger partial charge in [0.1, 0.15) is 11.6 Å². The van der Waals surface area contributed by atoms with Crippen molar-refractivity contribution in [2.24, 2.45) is 0 Å². The summed E-state index contributed by atoms with van der Waals surface area (Å²) in [4.78, 5) is 4.29. The molecule has 1 aromatic heterocycles. The molecule has 118 valence electrons. The fourth-order valence-electron chi connectivity index (χ4n) is 2.27. The molecule has 0 fully saturated rings. The number of ether oxygens (including phenoxy) is 1. The van der Waals surface area contributed by atoms with Gasteiger partial charge in [0.2, 0.25) is 0 Å². The van der Waals surface area contributed by atoms with Crippen LogP contribution in [0.1, 0.15) is 5.56 Å². The molecule has 0 bridgehead atoms. The van der Waals surface area contributed by atoms with E-state index in [1.807, 2.05) is 31.2 Å². The normalized spacial score (nSPS) is 11.5. The largest absolute Gasteiger partial charge is 0.573 e. The van der Waals surface area contributed by atoms with Crippen molar-refractivity contribution in [3.05, 3.63) is 60.3 Å². The third-order valence-electron chi connectivity index (χ3n) is 3.27. The first-order valence-electron chi connectivity index (χ1n) is 6.89. The van der Waals surface area contributed by atoms with Crippen LogP contribution < -0.4 is 10.1 Å². The Balaban J connectivity index is 1.85. The minimum atomic E-state index is -4.69. The van der Waals surface area contributed by atoms with E-state index in [0.717, 1.165) is 16.3 Å². The number of anilines is 2. The predicted octanol–water partition coefficient (Wildman–Crippen LogP) is 5.19. The smallest absolute Gasteiger partial charge is 0.406 e. The number of nitrogens with one attached hydrogen (secondary N) is 1. The molecule has 23 heavy (non-hydrogen) atoms. The Morgan fingerprint density at radius 3 is 2.43 bits per heavy atom. The maximum atomic E-state index is 12.1. The minimum absolute atomic E-state index is 0.260. The lowest BCUT2D eigenvalue weighted by molar-refractivity contribution is -0.274. The third-order valence-corrected chi connectivity index (χ3v) is 3.27. The van der Waals surface area contributed by atoms with E-state index in [1.165, 1.54) is 24.3 Å². The fraction of sp³-hybridized carbons (Fsp3) is 0.118. The number of alkyl halides is 3. The lowest BCUT2D eigenvalue weighted by Crippen LogP contribution is -2.16. The number of fused-ring (bicyclic) bond motifs is 1. The molecule has 2 aromatic carbocycles. The zero-order valence-corrected chi connectivity index (χ0v) is 12.2. The fourth-order valence-corrected chi connectivity index (χ4v) is 2.27. The van der Waals surface area contributed by atoms with Crippen molar-refractivity contribution in [3.63, 3.8) is 0 Å². The van der Waals surface area contributed by atoms with Crippen molar-refractivity contribution >= 4 is 22.3 Å². The van der Waals surface area contributed by atoms with Crippen molar-refractivity contribution in [2.45, 2.75) is 13.3 Å². The first kappa shape index (κ1) is 15.1. The number of halogens is 3. The maximum Gasteiger partial charge on any atom is 0.573 e. The molecule has 1 N–H and O–H groups in total. The summed E-state index contributed by atoms with van der Waals surface area (Å²) in [6.07, 6.45) is -3.00. The Bertz CT molecular complexity index is 829. The van der Waals surface area contributed by atoms with Gasteiger partial charge in [0, 0.05) is 17.3 Å². The highest BCUT2D eigenvalue weighted by Crippen LogP contribution is 2.27. The molecule has 0 saturated carbocycles. The molecule has 3 nitrogen and oxygen atoms in total. The lowest BCUT2D eigenvalue weighted by atomic mass is 10.1. The Hall–Kier alpha value is -2.76. The number of aryl methyl sites for hydroxylation is 1. The van der Waals surface area contributed by atoms with Crippen LogP contribution in [0.15, 0.2) is 54.7 Å². The minimum Gasteiger partial charge on any atom is -0.406 e. The van der Waals surface area contributed by atoms with E-state index >= 15 is 0 Å². The molecule has 0 unspecified atom stereocenters. The number of hydrogen-bond donors (Lipinski definition) is 1. The van der Waals surface area contributed by atoms with Gasteiger partial charge in [-0.3, -0.25) is 0 Å². The number of nitrogens with zero attached hydrogens (tertiary/aromatic N) is 1. The van der Waals surface area contributed by atoms with Crippen LogP contribution in [0.5, 0.6) is 5.75 Å². The maximum absolute atomic E-state index is 12.1. The van der Waals surface area contributed by atoms with E-state index < -0.39 is 6.36 Å². The lowest BCUT2D eigenvalue weighted by Gasteiger charge is -2.11. The topological polar surface area (TPSA) is 34.1 Å². The molecular weight excluding hydrogens is 305 g/mol. The van der Waals surface area contributed by atoms with Crippen molar-refractivity contribution in [2.75, 3.05) is 5.32 Å². The highest BCUT2D eigenvalue weighted by Gasteiger charge is 2.30. The van der Waals surface area contributed by atoms with Gasteiger partial charge in [-0.25, -0.2) is 4.98 Å². The summed E-state index contributed by atoms with van der Waals surface area (Å²) in [6, 6.07) is 13.4. The molecule has 0 aliphatic carbocycles. The highest BCUT2D eigenvalue weighted by molar-refractivity contribution is 5.93. The number of aromatic nitrogens is 1. The summed E-state index contributed by atoms with van der Waals surface area (Å²) in [5.74, 6) is 0.386. The van der Waals surface area contributed by atoms with Crippen LogP contribution in [0.25, 0.3) is 10.8 Å². The average molecular weight is 318 g/mol. The highest BCUT2D eigenvalue weighted by atomic mass is 19.4. The summed E-state index contributed by atoms with van der Waals surface area (Å²) in [6.45, 7) is 2.01. The summed E-state index contributed by atoms with van der Waals surface area (Å²) in [5.41, 5.74) is 1.77. The Kier molecular flexibility index (Phi) is 3.82. The second-order valence-corrected chi connectivity index (χ2v) is 5.08. The number of rotatable bonds is 3. The van der Waals surface area contributed by atoms with Gasteiger partial charge in [-0.05, 0) is 42.6 Å². The monoisotopic (exact) mass is 318 g/mol. The SMILES string of the molecule is Cc1ccc2c(Nc3ccc(OC(F)(F)F)cc3)nccc2c1. The van der Waals surface area contributed by atoms with Gasteiger partial charge in [-0.1, -0.05) is 23.8 Å². The molecule has 6 heteroatoms. The molecule has 1 heterocycles. The van der Waals surface area contributed by atoms with Gasteiger partial charge in [0.05, 0.1) is 0 Å². The van der Waals surface area contributed by atoms with Crippen LogP contribution >= 0.6 is 0 Å². The van der Waals surface area contributed by atoms with Crippen molar-refractivity contribution in [3.8, 4) is 5.75 Å². The van der Waals surface area contributed by atoms with E-state index in [2.05, 4.69) is 15.0 Å². The van der Waals surface area contributed by atoms with Crippen LogP contribution in [0.2, 0.25) is 0 Å². The Morgan fingerprint density at radius 1 is 1.00 bits per heavy atom. The van der Waals surface area contributed by atoms with Crippen LogP contribution in [0.3, 0.4) is 0 Å². The average Bonchev–Trinajstić information content (AvgIpc) is 2.48. The van der Waals surface area contributed by atoms with Crippen LogP contribution in [-0.2, 0) is 0 Å². The molecule has 0 aliphatic heterocycles. The molecule has 0 saturated heterocycles. The van der Waals surface area contributed by atoms with Gasteiger partial charge in [-0.2, -0.15) is 0 Å². The number of hydrogen-bond acceptors (Lipinski definition) is 3. The standard InChI is InChI=1S/C17H13F3N2O/c1-11-2-7-15-12(10-11)8-9-21-16(15)22-13-3-5-14(6-4-13)23-17(18,19)20/h2-10H,1H3,(H,21,22). The zero-order chi connectivity index (χ0) is 16.4. The molecular formula is C17H13F3N2O. The molecule has 0 radical (unpaired) electrons. The van der Waals surface area contributed by atoms with Gasteiger partial charge in [0.15, 0.2) is 0 Å². The predicted molar refractivity (Wildman–Crippen MR) is 82.9 cm³/mol. The van der Waals surface area contributed by atoms with E-state index in [4.69, 9.17) is 0 Å². The van der Waals surface area contributed by atoms with Gasteiger partial charge in [0.25, 0.3) is 0 Å². The number of benzene rings is 2. The van der Waals surface area contributed by atoms with Crippen molar-refractivity contribution in [1.82, 2.24) is 4.98 Å². The first-order valence-corrected chi connectivity index (χ1v) is 6.89. The van der Waals surface area contributed by atoms with Crippen LogP contribution in [-0.4, -0.2) is 11.3 Å². The Labute approximate surface area is 130 Å². The second kappa shape index (κ2) is 5.79. The van der Waals surface area contributed by atoms with Crippen molar-refractivity contribution < 1.29 is 17.9 Å². The quantitative estimate of drug-likeness (QED) is 0.722. The van der Waals surface area contributed by atoms with Crippen molar-refractivity contribution in [1.29, 1.82) is 0 Å².